The molecular formula is C13H8F5NO. The molecule has 1 unspecified atom stereocenters. The molecule has 106 valence electrons. The van der Waals surface area contributed by atoms with Crippen molar-refractivity contribution in [2.24, 2.45) is 0 Å². The minimum Gasteiger partial charge on any atom is -0.383 e. The second-order valence-electron chi connectivity index (χ2n) is 4.12. The predicted molar refractivity (Wildman–Crippen MR) is 59.3 cm³/mol. The summed E-state index contributed by atoms with van der Waals surface area (Å²) in [6.45, 7) is 1.51. The van der Waals surface area contributed by atoms with E-state index in [1.54, 1.807) is 0 Å². The molecule has 0 fully saturated rings. The molecule has 0 aliphatic heterocycles. The van der Waals surface area contributed by atoms with Gasteiger partial charge in [0.2, 0.25) is 5.82 Å². The van der Waals surface area contributed by atoms with Crippen molar-refractivity contribution >= 4 is 0 Å². The summed E-state index contributed by atoms with van der Waals surface area (Å²) in [5.41, 5.74) is -0.940. The van der Waals surface area contributed by atoms with Gasteiger partial charge in [0.25, 0.3) is 0 Å². The van der Waals surface area contributed by atoms with E-state index >= 15 is 0 Å². The van der Waals surface area contributed by atoms with Gasteiger partial charge in [-0.15, -0.1) is 0 Å². The number of aromatic nitrogens is 1. The lowest BCUT2D eigenvalue weighted by molar-refractivity contribution is 0.201. The van der Waals surface area contributed by atoms with Crippen molar-refractivity contribution in [1.82, 2.24) is 4.98 Å². The number of aliphatic hydroxyl groups is 1. The van der Waals surface area contributed by atoms with E-state index in [9.17, 15) is 27.1 Å². The third-order valence-electron chi connectivity index (χ3n) is 2.89. The summed E-state index contributed by atoms with van der Waals surface area (Å²) >= 11 is 0. The van der Waals surface area contributed by atoms with E-state index in [-0.39, 0.29) is 5.56 Å². The lowest BCUT2D eigenvalue weighted by Gasteiger charge is -2.16. The van der Waals surface area contributed by atoms with Gasteiger partial charge < -0.3 is 5.11 Å². The zero-order valence-electron chi connectivity index (χ0n) is 10.1. The maximum Gasteiger partial charge on any atom is 0.200 e. The van der Waals surface area contributed by atoms with Gasteiger partial charge in [-0.2, -0.15) is 0 Å². The van der Waals surface area contributed by atoms with Crippen LogP contribution in [0.4, 0.5) is 22.0 Å². The molecule has 0 aliphatic carbocycles. The number of pyridine rings is 1. The van der Waals surface area contributed by atoms with Crippen LogP contribution in [-0.2, 0) is 0 Å². The number of hydrogen-bond donors (Lipinski definition) is 1. The lowest BCUT2D eigenvalue weighted by atomic mass is 9.98. The van der Waals surface area contributed by atoms with Crippen LogP contribution in [-0.4, -0.2) is 10.1 Å². The van der Waals surface area contributed by atoms with Gasteiger partial charge in [-0.05, 0) is 18.6 Å². The molecule has 2 nitrogen and oxygen atoms in total. The summed E-state index contributed by atoms with van der Waals surface area (Å²) in [5.74, 6) is -10.6. The smallest absolute Gasteiger partial charge is 0.200 e. The predicted octanol–water partition coefficient (Wildman–Crippen LogP) is 3.17. The van der Waals surface area contributed by atoms with Gasteiger partial charge in [0.15, 0.2) is 23.3 Å². The molecule has 0 radical (unpaired) electrons. The number of rotatable bonds is 2. The van der Waals surface area contributed by atoms with E-state index in [0.717, 1.165) is 6.20 Å². The Morgan fingerprint density at radius 3 is 1.95 bits per heavy atom. The van der Waals surface area contributed by atoms with E-state index in [2.05, 4.69) is 4.98 Å². The average molecular weight is 289 g/mol. The molecule has 0 aliphatic rings. The van der Waals surface area contributed by atoms with Crippen LogP contribution in [0.1, 0.15) is 22.8 Å². The Morgan fingerprint density at radius 1 is 0.950 bits per heavy atom. The second kappa shape index (κ2) is 5.16. The highest BCUT2D eigenvalue weighted by Crippen LogP contribution is 2.32. The zero-order chi connectivity index (χ0) is 15.0. The molecule has 2 rings (SSSR count). The van der Waals surface area contributed by atoms with Crippen molar-refractivity contribution in [3.05, 3.63) is 64.2 Å². The normalized spacial score (nSPS) is 12.6. The van der Waals surface area contributed by atoms with Crippen molar-refractivity contribution in [3.8, 4) is 0 Å². The van der Waals surface area contributed by atoms with Gasteiger partial charge in [-0.25, -0.2) is 22.0 Å². The van der Waals surface area contributed by atoms with Crippen LogP contribution >= 0.6 is 0 Å². The number of aliphatic hydroxyl groups excluding tert-OH is 1. The summed E-state index contributed by atoms with van der Waals surface area (Å²) in [4.78, 5) is 3.65. The van der Waals surface area contributed by atoms with Gasteiger partial charge in [0.1, 0.15) is 6.10 Å². The quantitative estimate of drug-likeness (QED) is 0.523. The Bertz CT molecular complexity index is 645. The van der Waals surface area contributed by atoms with E-state index in [0.29, 0.717) is 5.56 Å². The minimum absolute atomic E-state index is 0.0456. The average Bonchev–Trinajstić information content (AvgIpc) is 2.43. The van der Waals surface area contributed by atoms with Crippen LogP contribution in [0.25, 0.3) is 0 Å². The number of benzene rings is 1. The fraction of sp³-hybridized carbons (Fsp3) is 0.154. The molecule has 1 aromatic heterocycles. The maximum absolute atomic E-state index is 13.6. The number of nitrogens with zero attached hydrogens (tertiary/aromatic N) is 1. The third-order valence-corrected chi connectivity index (χ3v) is 2.89. The van der Waals surface area contributed by atoms with E-state index in [1.807, 2.05) is 0 Å². The van der Waals surface area contributed by atoms with E-state index < -0.39 is 40.8 Å². The molecule has 20 heavy (non-hydrogen) atoms. The molecule has 2 aromatic rings. The zero-order valence-corrected chi connectivity index (χ0v) is 10.1. The minimum atomic E-state index is -2.26. The molecule has 1 N–H and O–H groups in total. The molecule has 0 saturated carbocycles. The number of aryl methyl sites for hydroxylation is 1. The summed E-state index contributed by atoms with van der Waals surface area (Å²) in [6, 6.07) is 1.44. The van der Waals surface area contributed by atoms with Crippen LogP contribution in [0.2, 0.25) is 0 Å². The molecule has 1 atom stereocenters. The van der Waals surface area contributed by atoms with Crippen LogP contribution in [0.5, 0.6) is 0 Å². The number of halogens is 5. The van der Waals surface area contributed by atoms with Crippen molar-refractivity contribution in [2.45, 2.75) is 13.0 Å². The molecular weight excluding hydrogens is 281 g/mol. The summed E-state index contributed by atoms with van der Waals surface area (Å²) in [5, 5.41) is 9.90. The third kappa shape index (κ3) is 2.14. The Kier molecular flexibility index (Phi) is 3.71. The Morgan fingerprint density at radius 2 is 1.45 bits per heavy atom. The Balaban J connectivity index is 2.68. The number of hydrogen-bond acceptors (Lipinski definition) is 2. The van der Waals surface area contributed by atoms with Crippen molar-refractivity contribution in [3.63, 3.8) is 0 Å². The summed E-state index contributed by atoms with van der Waals surface area (Å²) in [6.07, 6.45) is 0.454. The van der Waals surface area contributed by atoms with Crippen LogP contribution in [0.3, 0.4) is 0 Å². The maximum atomic E-state index is 13.6. The van der Waals surface area contributed by atoms with Gasteiger partial charge in [-0.1, -0.05) is 0 Å². The largest absolute Gasteiger partial charge is 0.383 e. The highest BCUT2D eigenvalue weighted by Gasteiger charge is 2.30. The first kappa shape index (κ1) is 14.4. The molecule has 0 spiro atoms. The molecule has 1 heterocycles. The molecule has 0 saturated heterocycles. The topological polar surface area (TPSA) is 33.1 Å². The Hall–Kier alpha value is -2.02. The lowest BCUT2D eigenvalue weighted by Crippen LogP contribution is -2.13. The monoisotopic (exact) mass is 289 g/mol. The van der Waals surface area contributed by atoms with Gasteiger partial charge >= 0.3 is 0 Å². The molecule has 7 heteroatoms. The van der Waals surface area contributed by atoms with Crippen molar-refractivity contribution in [1.29, 1.82) is 0 Å². The van der Waals surface area contributed by atoms with Crippen molar-refractivity contribution in [2.75, 3.05) is 0 Å². The van der Waals surface area contributed by atoms with Gasteiger partial charge in [0, 0.05) is 18.0 Å². The van der Waals surface area contributed by atoms with Gasteiger partial charge in [0.05, 0.1) is 5.56 Å². The van der Waals surface area contributed by atoms with Crippen LogP contribution in [0.15, 0.2) is 18.5 Å². The van der Waals surface area contributed by atoms with Crippen LogP contribution in [0, 0.1) is 36.0 Å². The first-order valence-corrected chi connectivity index (χ1v) is 5.46. The first-order valence-electron chi connectivity index (χ1n) is 5.46. The standard InChI is InChI=1S/C13H8F5NO/c1-5-2-3-19-4-6(5)13(20)7-8(14)10(16)12(18)11(17)9(7)15/h2-4,13,20H,1H3. The first-order chi connectivity index (χ1) is 9.36. The summed E-state index contributed by atoms with van der Waals surface area (Å²) < 4.78 is 66.2. The summed E-state index contributed by atoms with van der Waals surface area (Å²) in [7, 11) is 0. The second-order valence-corrected chi connectivity index (χ2v) is 4.12. The molecule has 1 aromatic carbocycles. The van der Waals surface area contributed by atoms with Crippen molar-refractivity contribution < 1.29 is 27.1 Å². The SMILES string of the molecule is Cc1ccncc1C(O)c1c(F)c(F)c(F)c(F)c1F. The fourth-order valence-corrected chi connectivity index (χ4v) is 1.78. The van der Waals surface area contributed by atoms with Gasteiger partial charge in [-0.3, -0.25) is 4.98 Å². The fourth-order valence-electron chi connectivity index (χ4n) is 1.78. The molecule has 0 bridgehead atoms. The Labute approximate surface area is 110 Å². The van der Waals surface area contributed by atoms with Crippen LogP contribution < -0.4 is 0 Å². The highest BCUT2D eigenvalue weighted by atomic mass is 19.2. The molecule has 0 amide bonds. The highest BCUT2D eigenvalue weighted by molar-refractivity contribution is 5.35. The van der Waals surface area contributed by atoms with E-state index in [4.69, 9.17) is 0 Å². The van der Waals surface area contributed by atoms with E-state index in [1.165, 1.54) is 19.2 Å².